The van der Waals surface area contributed by atoms with Gasteiger partial charge in [0.2, 0.25) is 0 Å². The Kier molecular flexibility index (Phi) is 3.87. The summed E-state index contributed by atoms with van der Waals surface area (Å²) in [6.45, 7) is 5.81. The highest BCUT2D eigenvalue weighted by molar-refractivity contribution is 5.41. The lowest BCUT2D eigenvalue weighted by atomic mass is 10.1. The second-order valence-electron chi connectivity index (χ2n) is 4.24. The normalized spacial score (nSPS) is 10.4. The van der Waals surface area contributed by atoms with E-state index in [0.29, 0.717) is 0 Å². The number of aryl methyl sites for hydroxylation is 2. The van der Waals surface area contributed by atoms with Crippen LogP contribution in [0, 0.1) is 6.92 Å². The summed E-state index contributed by atoms with van der Waals surface area (Å²) in [6.07, 6.45) is 3.86. The second kappa shape index (κ2) is 5.58. The van der Waals surface area contributed by atoms with Crippen LogP contribution in [0.4, 0.5) is 5.69 Å². The van der Waals surface area contributed by atoms with E-state index in [1.54, 1.807) is 7.11 Å². The number of nitrogens with one attached hydrogen (secondary N) is 1. The Labute approximate surface area is 108 Å². The number of rotatable bonds is 5. The molecule has 0 atom stereocenters. The maximum Gasteiger partial charge on any atom is 0.121 e. The molecule has 2 rings (SSSR count). The second-order valence-corrected chi connectivity index (χ2v) is 4.24. The van der Waals surface area contributed by atoms with E-state index in [1.165, 1.54) is 5.56 Å². The van der Waals surface area contributed by atoms with E-state index in [-0.39, 0.29) is 0 Å². The van der Waals surface area contributed by atoms with Crippen LogP contribution in [0.2, 0.25) is 0 Å². The molecule has 0 unspecified atom stereocenters. The molecule has 4 nitrogen and oxygen atoms in total. The fourth-order valence-electron chi connectivity index (χ4n) is 1.88. The molecule has 0 fully saturated rings. The summed E-state index contributed by atoms with van der Waals surface area (Å²) in [7, 11) is 1.69. The van der Waals surface area contributed by atoms with E-state index in [2.05, 4.69) is 36.4 Å². The SMILES string of the molecule is CCn1cc(NCc2ccc(OC)c(C)c2)cn1. The van der Waals surface area contributed by atoms with Gasteiger partial charge in [0.15, 0.2) is 0 Å². The number of hydrogen-bond donors (Lipinski definition) is 1. The van der Waals surface area contributed by atoms with E-state index in [4.69, 9.17) is 4.74 Å². The van der Waals surface area contributed by atoms with Crippen molar-refractivity contribution in [2.45, 2.75) is 26.9 Å². The van der Waals surface area contributed by atoms with E-state index in [9.17, 15) is 0 Å². The summed E-state index contributed by atoms with van der Waals surface area (Å²) >= 11 is 0. The zero-order valence-corrected chi connectivity index (χ0v) is 11.1. The summed E-state index contributed by atoms with van der Waals surface area (Å²) in [5.74, 6) is 0.928. The zero-order chi connectivity index (χ0) is 13.0. The molecule has 1 aromatic carbocycles. The first-order chi connectivity index (χ1) is 8.72. The van der Waals surface area contributed by atoms with Gasteiger partial charge < -0.3 is 10.1 Å². The van der Waals surface area contributed by atoms with Gasteiger partial charge in [-0.1, -0.05) is 12.1 Å². The summed E-state index contributed by atoms with van der Waals surface area (Å²) in [4.78, 5) is 0. The number of methoxy groups -OCH3 is 1. The Morgan fingerprint density at radius 1 is 1.39 bits per heavy atom. The molecule has 0 saturated heterocycles. The van der Waals surface area contributed by atoms with E-state index < -0.39 is 0 Å². The lowest BCUT2D eigenvalue weighted by Crippen LogP contribution is -1.99. The predicted octanol–water partition coefficient (Wildman–Crippen LogP) is 2.83. The number of nitrogens with zero attached hydrogens (tertiary/aromatic N) is 2. The highest BCUT2D eigenvalue weighted by Gasteiger charge is 2.01. The predicted molar refractivity (Wildman–Crippen MR) is 73.0 cm³/mol. The molecule has 0 radical (unpaired) electrons. The zero-order valence-electron chi connectivity index (χ0n) is 11.1. The molecular weight excluding hydrogens is 226 g/mol. The van der Waals surface area contributed by atoms with Gasteiger partial charge in [-0.05, 0) is 31.0 Å². The van der Waals surface area contributed by atoms with Crippen molar-refractivity contribution in [3.63, 3.8) is 0 Å². The van der Waals surface area contributed by atoms with E-state index >= 15 is 0 Å². The van der Waals surface area contributed by atoms with Crippen LogP contribution in [-0.2, 0) is 13.1 Å². The first kappa shape index (κ1) is 12.5. The molecule has 0 amide bonds. The average molecular weight is 245 g/mol. The van der Waals surface area contributed by atoms with Gasteiger partial charge in [-0.15, -0.1) is 0 Å². The Balaban J connectivity index is 1.99. The molecule has 0 spiro atoms. The van der Waals surface area contributed by atoms with Crippen LogP contribution >= 0.6 is 0 Å². The highest BCUT2D eigenvalue weighted by atomic mass is 16.5. The molecule has 1 N–H and O–H groups in total. The van der Waals surface area contributed by atoms with Crippen LogP contribution in [0.3, 0.4) is 0 Å². The smallest absolute Gasteiger partial charge is 0.121 e. The van der Waals surface area contributed by atoms with Crippen LogP contribution in [0.5, 0.6) is 5.75 Å². The molecule has 96 valence electrons. The molecule has 0 aliphatic carbocycles. The van der Waals surface area contributed by atoms with Crippen molar-refractivity contribution in [2.75, 3.05) is 12.4 Å². The van der Waals surface area contributed by atoms with Gasteiger partial charge in [0.1, 0.15) is 5.75 Å². The van der Waals surface area contributed by atoms with Gasteiger partial charge in [-0.2, -0.15) is 5.10 Å². The van der Waals surface area contributed by atoms with Crippen LogP contribution < -0.4 is 10.1 Å². The van der Waals surface area contributed by atoms with Gasteiger partial charge in [-0.25, -0.2) is 0 Å². The molecule has 0 saturated carbocycles. The van der Waals surface area contributed by atoms with Gasteiger partial charge in [0.25, 0.3) is 0 Å². The highest BCUT2D eigenvalue weighted by Crippen LogP contribution is 2.19. The van der Waals surface area contributed by atoms with Crippen LogP contribution in [0.15, 0.2) is 30.6 Å². The fourth-order valence-corrected chi connectivity index (χ4v) is 1.88. The fraction of sp³-hybridized carbons (Fsp3) is 0.357. The maximum atomic E-state index is 5.25. The summed E-state index contributed by atoms with van der Waals surface area (Å²) in [6, 6.07) is 6.21. The molecule has 0 aliphatic rings. The van der Waals surface area contributed by atoms with E-state index in [1.807, 2.05) is 23.1 Å². The molecule has 18 heavy (non-hydrogen) atoms. The minimum atomic E-state index is 0.792. The topological polar surface area (TPSA) is 39.1 Å². The molecular formula is C14H19N3O. The van der Waals surface area contributed by atoms with Crippen molar-refractivity contribution in [3.8, 4) is 5.75 Å². The van der Waals surface area contributed by atoms with Crippen molar-refractivity contribution in [3.05, 3.63) is 41.7 Å². The Morgan fingerprint density at radius 3 is 2.83 bits per heavy atom. The Hall–Kier alpha value is -1.97. The standard InChI is InChI=1S/C14H19N3O/c1-4-17-10-13(9-16-17)15-8-12-5-6-14(18-3)11(2)7-12/h5-7,9-10,15H,4,8H2,1-3H3. The third kappa shape index (κ3) is 2.83. The maximum absolute atomic E-state index is 5.25. The number of anilines is 1. The summed E-state index contributed by atoms with van der Waals surface area (Å²) < 4.78 is 7.15. The number of benzene rings is 1. The number of ether oxygens (including phenoxy) is 1. The minimum Gasteiger partial charge on any atom is -0.496 e. The van der Waals surface area contributed by atoms with Crippen LogP contribution in [0.25, 0.3) is 0 Å². The average Bonchev–Trinajstić information content (AvgIpc) is 2.84. The first-order valence-electron chi connectivity index (χ1n) is 6.12. The summed E-state index contributed by atoms with van der Waals surface area (Å²) in [5, 5.41) is 7.58. The third-order valence-electron chi connectivity index (χ3n) is 2.91. The number of hydrogen-bond acceptors (Lipinski definition) is 3. The minimum absolute atomic E-state index is 0.792. The van der Waals surface area contributed by atoms with Gasteiger partial charge in [-0.3, -0.25) is 4.68 Å². The molecule has 2 aromatic rings. The molecule has 0 aliphatic heterocycles. The Morgan fingerprint density at radius 2 is 2.22 bits per heavy atom. The van der Waals surface area contributed by atoms with Crippen molar-refractivity contribution >= 4 is 5.69 Å². The largest absolute Gasteiger partial charge is 0.496 e. The summed E-state index contributed by atoms with van der Waals surface area (Å²) in [5.41, 5.74) is 3.43. The molecule has 1 aromatic heterocycles. The number of aromatic nitrogens is 2. The Bertz CT molecular complexity index is 520. The van der Waals surface area contributed by atoms with Crippen LogP contribution in [0.1, 0.15) is 18.1 Å². The molecule has 0 bridgehead atoms. The van der Waals surface area contributed by atoms with Crippen LogP contribution in [-0.4, -0.2) is 16.9 Å². The van der Waals surface area contributed by atoms with Crippen molar-refractivity contribution < 1.29 is 4.74 Å². The lowest BCUT2D eigenvalue weighted by Gasteiger charge is -2.08. The monoisotopic (exact) mass is 245 g/mol. The van der Waals surface area contributed by atoms with Crippen molar-refractivity contribution in [1.82, 2.24) is 9.78 Å². The molecule has 1 heterocycles. The molecule has 4 heteroatoms. The van der Waals surface area contributed by atoms with E-state index in [0.717, 1.165) is 30.1 Å². The van der Waals surface area contributed by atoms with Gasteiger partial charge in [0, 0.05) is 19.3 Å². The van der Waals surface area contributed by atoms with Gasteiger partial charge >= 0.3 is 0 Å². The third-order valence-corrected chi connectivity index (χ3v) is 2.91. The quantitative estimate of drug-likeness (QED) is 0.880. The van der Waals surface area contributed by atoms with Gasteiger partial charge in [0.05, 0.1) is 19.0 Å². The first-order valence-corrected chi connectivity index (χ1v) is 6.12. The van der Waals surface area contributed by atoms with Crippen molar-refractivity contribution in [1.29, 1.82) is 0 Å². The lowest BCUT2D eigenvalue weighted by molar-refractivity contribution is 0.411. The van der Waals surface area contributed by atoms with Crippen molar-refractivity contribution in [2.24, 2.45) is 0 Å².